The van der Waals surface area contributed by atoms with Gasteiger partial charge in [-0.15, -0.1) is 0 Å². The SMILES string of the molecule is CC(C)N1CCN(c2nc(C(C)(c3ccc(-c4cnc(N)nc4)cc3)C(C)C)no2)CC1. The maximum Gasteiger partial charge on any atom is 0.324 e. The molecule has 1 saturated heterocycles. The topological polar surface area (TPSA) is 97.2 Å². The monoisotopic (exact) mass is 435 g/mol. The van der Waals surface area contributed by atoms with E-state index in [1.54, 1.807) is 12.4 Å². The van der Waals surface area contributed by atoms with Gasteiger partial charge in [-0.3, -0.25) is 4.90 Å². The summed E-state index contributed by atoms with van der Waals surface area (Å²) < 4.78 is 5.74. The second-order valence-electron chi connectivity index (χ2n) is 9.28. The van der Waals surface area contributed by atoms with Crippen molar-refractivity contribution in [2.24, 2.45) is 5.92 Å². The van der Waals surface area contributed by atoms with E-state index in [2.05, 4.69) is 83.8 Å². The second-order valence-corrected chi connectivity index (χ2v) is 9.28. The molecule has 1 fully saturated rings. The second kappa shape index (κ2) is 8.86. The molecule has 1 atom stereocenters. The fraction of sp³-hybridized carbons (Fsp3) is 0.500. The number of piperazine rings is 1. The number of anilines is 2. The molecule has 1 aromatic carbocycles. The molecule has 8 heteroatoms. The lowest BCUT2D eigenvalue weighted by molar-refractivity contribution is 0.204. The summed E-state index contributed by atoms with van der Waals surface area (Å²) in [7, 11) is 0. The molecular weight excluding hydrogens is 402 g/mol. The Bertz CT molecular complexity index is 1020. The molecule has 3 aromatic rings. The van der Waals surface area contributed by atoms with Crippen molar-refractivity contribution in [2.45, 2.75) is 46.1 Å². The molecular formula is C24H33N7O. The number of nitrogens with zero attached hydrogens (tertiary/aromatic N) is 6. The van der Waals surface area contributed by atoms with E-state index in [1.807, 2.05) is 0 Å². The Morgan fingerprint density at radius 1 is 0.938 bits per heavy atom. The van der Waals surface area contributed by atoms with Crippen molar-refractivity contribution in [3.05, 3.63) is 48.0 Å². The summed E-state index contributed by atoms with van der Waals surface area (Å²) in [5.74, 6) is 1.27. The van der Waals surface area contributed by atoms with Crippen LogP contribution in [0.3, 0.4) is 0 Å². The van der Waals surface area contributed by atoms with Crippen LogP contribution in [0.15, 0.2) is 41.2 Å². The molecule has 1 aliphatic rings. The number of hydrogen-bond acceptors (Lipinski definition) is 8. The molecule has 32 heavy (non-hydrogen) atoms. The molecule has 8 nitrogen and oxygen atoms in total. The zero-order valence-corrected chi connectivity index (χ0v) is 19.6. The van der Waals surface area contributed by atoms with Gasteiger partial charge in [0.15, 0.2) is 5.82 Å². The minimum absolute atomic E-state index is 0.274. The number of rotatable bonds is 6. The van der Waals surface area contributed by atoms with Gasteiger partial charge in [0.25, 0.3) is 0 Å². The normalized spacial score (nSPS) is 17.2. The van der Waals surface area contributed by atoms with E-state index in [0.717, 1.165) is 48.7 Å². The molecule has 0 saturated carbocycles. The highest BCUT2D eigenvalue weighted by Crippen LogP contribution is 2.38. The Balaban J connectivity index is 1.57. The fourth-order valence-electron chi connectivity index (χ4n) is 4.20. The summed E-state index contributed by atoms with van der Waals surface area (Å²) >= 11 is 0. The van der Waals surface area contributed by atoms with E-state index in [4.69, 9.17) is 15.2 Å². The standard InChI is InChI=1S/C24H33N7O/c1-16(2)24(5,20-8-6-18(7-9-20)19-14-26-22(25)27-15-19)21-28-23(32-29-21)31-12-10-30(11-13-31)17(3)4/h6-9,14-17H,10-13H2,1-5H3,(H2,25,26,27). The summed E-state index contributed by atoms with van der Waals surface area (Å²) in [5, 5.41) is 4.43. The van der Waals surface area contributed by atoms with Crippen LogP contribution in [0.2, 0.25) is 0 Å². The molecule has 2 N–H and O–H groups in total. The molecule has 170 valence electrons. The van der Waals surface area contributed by atoms with Crippen molar-refractivity contribution >= 4 is 12.0 Å². The number of nitrogen functional groups attached to an aromatic ring is 1. The fourth-order valence-corrected chi connectivity index (χ4v) is 4.20. The third-order valence-corrected chi connectivity index (χ3v) is 6.84. The van der Waals surface area contributed by atoms with Crippen molar-refractivity contribution in [1.29, 1.82) is 0 Å². The van der Waals surface area contributed by atoms with Crippen molar-refractivity contribution in [1.82, 2.24) is 25.0 Å². The average molecular weight is 436 g/mol. The van der Waals surface area contributed by atoms with Crippen molar-refractivity contribution < 1.29 is 4.52 Å². The Hall–Kier alpha value is -3.00. The Kier molecular flexibility index (Phi) is 6.15. The van der Waals surface area contributed by atoms with Gasteiger partial charge in [0.2, 0.25) is 5.95 Å². The highest BCUT2D eigenvalue weighted by Gasteiger charge is 2.38. The average Bonchev–Trinajstić information content (AvgIpc) is 3.30. The predicted molar refractivity (Wildman–Crippen MR) is 126 cm³/mol. The van der Waals surface area contributed by atoms with Gasteiger partial charge in [-0.1, -0.05) is 43.3 Å². The van der Waals surface area contributed by atoms with Gasteiger partial charge in [-0.25, -0.2) is 9.97 Å². The van der Waals surface area contributed by atoms with Crippen molar-refractivity contribution in [3.63, 3.8) is 0 Å². The first-order valence-electron chi connectivity index (χ1n) is 11.3. The molecule has 0 aliphatic carbocycles. The zero-order valence-electron chi connectivity index (χ0n) is 19.6. The number of hydrogen-bond donors (Lipinski definition) is 1. The summed E-state index contributed by atoms with van der Waals surface area (Å²) in [4.78, 5) is 17.7. The third-order valence-electron chi connectivity index (χ3n) is 6.84. The summed E-state index contributed by atoms with van der Waals surface area (Å²) in [6, 6.07) is 9.59. The van der Waals surface area contributed by atoms with Crippen LogP contribution in [0.5, 0.6) is 0 Å². The molecule has 1 unspecified atom stereocenters. The van der Waals surface area contributed by atoms with Gasteiger partial charge < -0.3 is 15.2 Å². The Morgan fingerprint density at radius 3 is 2.12 bits per heavy atom. The summed E-state index contributed by atoms with van der Waals surface area (Å²) in [6.07, 6.45) is 3.48. The Labute approximate surface area is 189 Å². The van der Waals surface area contributed by atoms with E-state index < -0.39 is 0 Å². The quantitative estimate of drug-likeness (QED) is 0.627. The van der Waals surface area contributed by atoms with Gasteiger partial charge in [-0.2, -0.15) is 4.98 Å². The van der Waals surface area contributed by atoms with Gasteiger partial charge in [-0.05, 0) is 37.8 Å². The van der Waals surface area contributed by atoms with Crippen LogP contribution < -0.4 is 10.6 Å². The molecule has 3 heterocycles. The van der Waals surface area contributed by atoms with Gasteiger partial charge in [0.1, 0.15) is 0 Å². The lowest BCUT2D eigenvalue weighted by Gasteiger charge is -2.36. The van der Waals surface area contributed by atoms with Crippen LogP contribution in [0.4, 0.5) is 12.0 Å². The zero-order chi connectivity index (χ0) is 22.9. The first-order chi connectivity index (χ1) is 15.3. The number of benzene rings is 1. The van der Waals surface area contributed by atoms with Gasteiger partial charge in [0, 0.05) is 50.2 Å². The summed E-state index contributed by atoms with van der Waals surface area (Å²) in [5.41, 5.74) is 8.34. The van der Waals surface area contributed by atoms with E-state index >= 15 is 0 Å². The Morgan fingerprint density at radius 2 is 1.56 bits per heavy atom. The van der Waals surface area contributed by atoms with E-state index in [1.165, 1.54) is 0 Å². The van der Waals surface area contributed by atoms with Gasteiger partial charge in [0.05, 0.1) is 5.41 Å². The van der Waals surface area contributed by atoms with Gasteiger partial charge >= 0.3 is 6.01 Å². The van der Waals surface area contributed by atoms with Crippen LogP contribution >= 0.6 is 0 Å². The highest BCUT2D eigenvalue weighted by atomic mass is 16.5. The molecule has 2 aromatic heterocycles. The smallest absolute Gasteiger partial charge is 0.324 e. The van der Waals surface area contributed by atoms with Crippen LogP contribution in [-0.2, 0) is 5.41 Å². The van der Waals surface area contributed by atoms with Crippen LogP contribution in [-0.4, -0.2) is 57.2 Å². The van der Waals surface area contributed by atoms with Crippen molar-refractivity contribution in [2.75, 3.05) is 36.8 Å². The number of nitrogens with two attached hydrogens (primary N) is 1. The summed E-state index contributed by atoms with van der Waals surface area (Å²) in [6.45, 7) is 14.9. The van der Waals surface area contributed by atoms with Crippen LogP contribution in [0.1, 0.15) is 46.0 Å². The first-order valence-corrected chi connectivity index (χ1v) is 11.3. The largest absolute Gasteiger partial charge is 0.368 e. The number of aromatic nitrogens is 4. The lowest BCUT2D eigenvalue weighted by atomic mass is 9.72. The molecule has 1 aliphatic heterocycles. The third kappa shape index (κ3) is 4.19. The van der Waals surface area contributed by atoms with E-state index in [0.29, 0.717) is 12.1 Å². The molecule has 4 rings (SSSR count). The molecule has 0 bridgehead atoms. The van der Waals surface area contributed by atoms with E-state index in [-0.39, 0.29) is 17.3 Å². The minimum Gasteiger partial charge on any atom is -0.368 e. The minimum atomic E-state index is -0.377. The van der Waals surface area contributed by atoms with Crippen molar-refractivity contribution in [3.8, 4) is 11.1 Å². The first kappa shape index (κ1) is 22.2. The highest BCUT2D eigenvalue weighted by molar-refractivity contribution is 5.62. The maximum absolute atomic E-state index is 5.74. The van der Waals surface area contributed by atoms with Crippen LogP contribution in [0.25, 0.3) is 11.1 Å². The lowest BCUT2D eigenvalue weighted by Crippen LogP contribution is -2.49. The maximum atomic E-state index is 5.74. The predicted octanol–water partition coefficient (Wildman–Crippen LogP) is 3.60. The van der Waals surface area contributed by atoms with E-state index in [9.17, 15) is 0 Å². The molecule has 0 amide bonds. The van der Waals surface area contributed by atoms with Crippen LogP contribution in [0, 0.1) is 5.92 Å². The molecule has 0 radical (unpaired) electrons. The molecule has 0 spiro atoms.